The van der Waals surface area contributed by atoms with E-state index >= 15 is 0 Å². The second-order valence-corrected chi connectivity index (χ2v) is 8.53. The number of aryl methyl sites for hydroxylation is 1. The van der Waals surface area contributed by atoms with Gasteiger partial charge in [0.2, 0.25) is 0 Å². The number of unbranched alkanes of at least 4 members (excludes halogenated alkanes) is 10. The molecule has 2 rings (SSSR count). The summed E-state index contributed by atoms with van der Waals surface area (Å²) in [6.07, 6.45) is 18.1. The Labute approximate surface area is 174 Å². The third kappa shape index (κ3) is 7.82. The van der Waals surface area contributed by atoms with Crippen molar-refractivity contribution in [1.82, 2.24) is 14.8 Å². The van der Waals surface area contributed by atoms with Gasteiger partial charge >= 0.3 is 0 Å². The Balaban J connectivity index is 1.69. The van der Waals surface area contributed by atoms with Gasteiger partial charge in [-0.05, 0) is 43.1 Å². The summed E-state index contributed by atoms with van der Waals surface area (Å²) in [6.45, 7) is 2.28. The first-order valence-corrected chi connectivity index (χ1v) is 12.2. The molecule has 0 saturated heterocycles. The number of hydrogen-bond donors (Lipinski definition) is 1. The van der Waals surface area contributed by atoms with Crippen LogP contribution in [0.25, 0.3) is 5.69 Å². The van der Waals surface area contributed by atoms with Crippen LogP contribution in [0.5, 0.6) is 0 Å². The standard InChI is InChI=1S/C22H35N3S2/c1-3-4-5-6-7-8-9-10-11-12-13-17-21-23-24-22(26)25(21)19-15-14-16-20(18-19)27-2/h14-16,18H,3-13,17H2,1-2H3,(H,24,26). The van der Waals surface area contributed by atoms with Gasteiger partial charge in [0.05, 0.1) is 5.69 Å². The van der Waals surface area contributed by atoms with Gasteiger partial charge in [0.15, 0.2) is 4.77 Å². The van der Waals surface area contributed by atoms with Crippen molar-refractivity contribution >= 4 is 24.0 Å². The fraction of sp³-hybridized carbons (Fsp3) is 0.636. The minimum Gasteiger partial charge on any atom is -0.272 e. The van der Waals surface area contributed by atoms with Gasteiger partial charge in [0, 0.05) is 11.3 Å². The number of aromatic amines is 1. The van der Waals surface area contributed by atoms with E-state index in [9.17, 15) is 0 Å². The first-order chi connectivity index (χ1) is 13.3. The van der Waals surface area contributed by atoms with Crippen LogP contribution in [0.15, 0.2) is 29.2 Å². The molecule has 0 spiro atoms. The van der Waals surface area contributed by atoms with E-state index in [1.54, 1.807) is 11.8 Å². The second kappa shape index (κ2) is 13.2. The number of nitrogens with zero attached hydrogens (tertiary/aromatic N) is 2. The van der Waals surface area contributed by atoms with Crippen molar-refractivity contribution in [2.24, 2.45) is 0 Å². The minimum absolute atomic E-state index is 0.686. The van der Waals surface area contributed by atoms with E-state index in [1.165, 1.54) is 75.5 Å². The predicted octanol–water partition coefficient (Wildman–Crippen LogP) is 7.51. The Kier molecular flexibility index (Phi) is 10.8. The highest BCUT2D eigenvalue weighted by molar-refractivity contribution is 7.98. The van der Waals surface area contributed by atoms with Crippen LogP contribution in [0.2, 0.25) is 0 Å². The van der Waals surface area contributed by atoms with Crippen LogP contribution >= 0.6 is 24.0 Å². The summed E-state index contributed by atoms with van der Waals surface area (Å²) in [5, 5.41) is 7.44. The summed E-state index contributed by atoms with van der Waals surface area (Å²) >= 11 is 7.21. The quantitative estimate of drug-likeness (QED) is 0.201. The van der Waals surface area contributed by atoms with E-state index in [1.807, 2.05) is 0 Å². The van der Waals surface area contributed by atoms with Crippen LogP contribution in [0.3, 0.4) is 0 Å². The Morgan fingerprint density at radius 2 is 1.59 bits per heavy atom. The molecule has 0 radical (unpaired) electrons. The molecule has 1 heterocycles. The second-order valence-electron chi connectivity index (χ2n) is 7.27. The van der Waals surface area contributed by atoms with E-state index in [-0.39, 0.29) is 0 Å². The van der Waals surface area contributed by atoms with E-state index < -0.39 is 0 Å². The Morgan fingerprint density at radius 1 is 0.963 bits per heavy atom. The van der Waals surface area contributed by atoms with Crippen LogP contribution < -0.4 is 0 Å². The van der Waals surface area contributed by atoms with Crippen molar-refractivity contribution in [2.75, 3.05) is 6.26 Å². The van der Waals surface area contributed by atoms with Gasteiger partial charge in [-0.2, -0.15) is 5.10 Å². The molecule has 27 heavy (non-hydrogen) atoms. The van der Waals surface area contributed by atoms with Gasteiger partial charge in [-0.15, -0.1) is 11.8 Å². The number of aromatic nitrogens is 3. The molecule has 5 heteroatoms. The number of hydrogen-bond acceptors (Lipinski definition) is 3. The molecule has 0 fully saturated rings. The van der Waals surface area contributed by atoms with Crippen molar-refractivity contribution < 1.29 is 0 Å². The van der Waals surface area contributed by atoms with Gasteiger partial charge in [-0.25, -0.2) is 0 Å². The average molecular weight is 406 g/mol. The lowest BCUT2D eigenvalue weighted by atomic mass is 10.1. The molecule has 0 aliphatic rings. The molecular formula is C22H35N3S2. The molecule has 0 amide bonds. The van der Waals surface area contributed by atoms with Gasteiger partial charge in [0.25, 0.3) is 0 Å². The third-order valence-corrected chi connectivity index (χ3v) is 6.06. The first kappa shape index (κ1) is 22.2. The maximum atomic E-state index is 5.46. The molecule has 0 aliphatic carbocycles. The van der Waals surface area contributed by atoms with E-state index in [2.05, 4.69) is 52.2 Å². The maximum Gasteiger partial charge on any atom is 0.199 e. The molecule has 2 aromatic rings. The predicted molar refractivity (Wildman–Crippen MR) is 121 cm³/mol. The summed E-state index contributed by atoms with van der Waals surface area (Å²) < 4.78 is 2.78. The van der Waals surface area contributed by atoms with E-state index in [4.69, 9.17) is 12.2 Å². The third-order valence-electron chi connectivity index (χ3n) is 5.06. The highest BCUT2D eigenvalue weighted by Gasteiger charge is 2.08. The molecule has 1 aromatic carbocycles. The number of nitrogens with one attached hydrogen (secondary N) is 1. The molecule has 0 atom stereocenters. The summed E-state index contributed by atoms with van der Waals surface area (Å²) in [7, 11) is 0. The van der Waals surface area contributed by atoms with Crippen molar-refractivity contribution in [3.63, 3.8) is 0 Å². The van der Waals surface area contributed by atoms with Gasteiger partial charge in [-0.1, -0.05) is 77.2 Å². The Morgan fingerprint density at radius 3 is 2.22 bits per heavy atom. The largest absolute Gasteiger partial charge is 0.272 e. The lowest BCUT2D eigenvalue weighted by Crippen LogP contribution is -2.02. The molecule has 150 valence electrons. The summed E-state index contributed by atoms with van der Waals surface area (Å²) in [5.74, 6) is 1.05. The zero-order valence-electron chi connectivity index (χ0n) is 17.0. The molecule has 0 bridgehead atoms. The molecule has 3 nitrogen and oxygen atoms in total. The van der Waals surface area contributed by atoms with E-state index in [0.717, 1.165) is 17.9 Å². The summed E-state index contributed by atoms with van der Waals surface area (Å²) in [5.41, 5.74) is 1.11. The topological polar surface area (TPSA) is 33.6 Å². The van der Waals surface area contributed by atoms with Gasteiger partial charge in [0.1, 0.15) is 5.82 Å². The Hall–Kier alpha value is -1.07. The Bertz CT molecular complexity index is 706. The fourth-order valence-corrected chi connectivity index (χ4v) is 4.17. The molecule has 0 unspecified atom stereocenters. The average Bonchev–Trinajstić information content (AvgIpc) is 3.06. The lowest BCUT2D eigenvalue weighted by Gasteiger charge is -2.08. The first-order valence-electron chi connectivity index (χ1n) is 10.6. The van der Waals surface area contributed by atoms with Crippen molar-refractivity contribution in [3.05, 3.63) is 34.9 Å². The van der Waals surface area contributed by atoms with Crippen LogP contribution in [0, 0.1) is 4.77 Å². The smallest absolute Gasteiger partial charge is 0.199 e. The zero-order chi connectivity index (χ0) is 19.3. The number of benzene rings is 1. The zero-order valence-corrected chi connectivity index (χ0v) is 18.6. The molecular weight excluding hydrogens is 370 g/mol. The highest BCUT2D eigenvalue weighted by Crippen LogP contribution is 2.20. The van der Waals surface area contributed by atoms with Crippen LogP contribution in [0.4, 0.5) is 0 Å². The summed E-state index contributed by atoms with van der Waals surface area (Å²) in [6, 6.07) is 8.50. The van der Waals surface area contributed by atoms with Crippen molar-refractivity contribution in [1.29, 1.82) is 0 Å². The van der Waals surface area contributed by atoms with Crippen LogP contribution in [-0.4, -0.2) is 21.0 Å². The van der Waals surface area contributed by atoms with Gasteiger partial charge in [-0.3, -0.25) is 9.67 Å². The monoisotopic (exact) mass is 405 g/mol. The molecule has 1 N–H and O–H groups in total. The SMILES string of the molecule is CCCCCCCCCCCCCc1n[nH]c(=S)n1-c1cccc(SC)c1. The number of thioether (sulfide) groups is 1. The van der Waals surface area contributed by atoms with Crippen LogP contribution in [0.1, 0.15) is 83.4 Å². The number of H-pyrrole nitrogens is 1. The molecule has 0 saturated carbocycles. The van der Waals surface area contributed by atoms with Gasteiger partial charge < -0.3 is 0 Å². The molecule has 1 aromatic heterocycles. The van der Waals surface area contributed by atoms with Crippen molar-refractivity contribution in [3.8, 4) is 5.69 Å². The summed E-state index contributed by atoms with van der Waals surface area (Å²) in [4.78, 5) is 1.25. The minimum atomic E-state index is 0.686. The fourth-order valence-electron chi connectivity index (χ4n) is 3.46. The number of rotatable bonds is 14. The lowest BCUT2D eigenvalue weighted by molar-refractivity contribution is 0.547. The molecule has 0 aliphatic heterocycles. The normalized spacial score (nSPS) is 11.2. The van der Waals surface area contributed by atoms with Crippen molar-refractivity contribution in [2.45, 2.75) is 88.9 Å². The maximum absolute atomic E-state index is 5.46. The highest BCUT2D eigenvalue weighted by atomic mass is 32.2. The van der Waals surface area contributed by atoms with Crippen LogP contribution in [-0.2, 0) is 6.42 Å². The van der Waals surface area contributed by atoms with E-state index in [0.29, 0.717) is 4.77 Å².